The molecule has 0 atom stereocenters. The summed E-state index contributed by atoms with van der Waals surface area (Å²) < 4.78 is 29.9. The number of piperidine rings is 1. The number of imidazole rings is 1. The first-order chi connectivity index (χ1) is 21.8. The average molecular weight is 651 g/mol. The number of benzene rings is 2. The van der Waals surface area contributed by atoms with E-state index < -0.39 is 21.5 Å². The van der Waals surface area contributed by atoms with Crippen LogP contribution in [0.2, 0.25) is 0 Å². The van der Waals surface area contributed by atoms with Gasteiger partial charge in [-0.05, 0) is 113 Å². The Kier molecular flexibility index (Phi) is 10.3. The van der Waals surface area contributed by atoms with E-state index in [-0.39, 0.29) is 40.8 Å². The Morgan fingerprint density at radius 2 is 1.80 bits per heavy atom. The van der Waals surface area contributed by atoms with Gasteiger partial charge in [0, 0.05) is 31.1 Å². The molecule has 1 saturated heterocycles. The number of carbonyl (C=O) groups is 2. The van der Waals surface area contributed by atoms with Crippen molar-refractivity contribution in [1.82, 2.24) is 19.2 Å². The van der Waals surface area contributed by atoms with Gasteiger partial charge in [-0.15, -0.1) is 6.58 Å². The molecule has 0 bridgehead atoms. The summed E-state index contributed by atoms with van der Waals surface area (Å²) in [6, 6.07) is 12.2. The predicted molar refractivity (Wildman–Crippen MR) is 179 cm³/mol. The van der Waals surface area contributed by atoms with E-state index in [1.54, 1.807) is 6.07 Å². The van der Waals surface area contributed by atoms with Gasteiger partial charge in [0.15, 0.2) is 0 Å². The number of hydrogen-bond acceptors (Lipinski definition) is 7. The number of aliphatic hydroxyl groups is 1. The van der Waals surface area contributed by atoms with Crippen molar-refractivity contribution in [3.05, 3.63) is 66.2 Å². The van der Waals surface area contributed by atoms with Crippen LogP contribution in [0.1, 0.15) is 80.8 Å². The number of nitrogens with two attached hydrogens (primary N) is 1. The number of rotatable bonds is 12. The zero-order valence-corrected chi connectivity index (χ0v) is 27.6. The van der Waals surface area contributed by atoms with Crippen molar-refractivity contribution in [3.63, 3.8) is 0 Å². The monoisotopic (exact) mass is 650 g/mol. The molecule has 5 rings (SSSR count). The molecule has 248 valence electrons. The molecule has 0 unspecified atom stereocenters. The van der Waals surface area contributed by atoms with Crippen LogP contribution in [0.5, 0.6) is 0 Å². The summed E-state index contributed by atoms with van der Waals surface area (Å²) >= 11 is 0. The van der Waals surface area contributed by atoms with Gasteiger partial charge in [-0.25, -0.2) is 18.1 Å². The van der Waals surface area contributed by atoms with E-state index in [9.17, 15) is 23.1 Å². The minimum Gasteiger partial charge on any atom is -0.390 e. The molecule has 46 heavy (non-hydrogen) atoms. The molecule has 2 aliphatic rings. The number of sulfonamides is 1. The summed E-state index contributed by atoms with van der Waals surface area (Å²) in [4.78, 5) is 32.3. The third-order valence-corrected chi connectivity index (χ3v) is 10.9. The molecule has 1 aliphatic heterocycles. The lowest BCUT2D eigenvalue weighted by molar-refractivity contribution is -0.119. The highest BCUT2D eigenvalue weighted by molar-refractivity contribution is 7.89. The van der Waals surface area contributed by atoms with Crippen molar-refractivity contribution in [2.75, 3.05) is 25.0 Å². The smallest absolute Gasteiger partial charge is 0.258 e. The largest absolute Gasteiger partial charge is 0.390 e. The van der Waals surface area contributed by atoms with E-state index >= 15 is 0 Å². The normalized spacial score (nSPS) is 20.1. The maximum atomic E-state index is 13.5. The fourth-order valence-corrected chi connectivity index (χ4v) is 7.92. The quantitative estimate of drug-likeness (QED) is 0.212. The van der Waals surface area contributed by atoms with Gasteiger partial charge in [-0.1, -0.05) is 18.2 Å². The van der Waals surface area contributed by atoms with E-state index in [4.69, 9.17) is 10.7 Å². The van der Waals surface area contributed by atoms with Gasteiger partial charge in [0.1, 0.15) is 0 Å². The van der Waals surface area contributed by atoms with Crippen LogP contribution in [0, 0.1) is 11.8 Å². The van der Waals surface area contributed by atoms with E-state index in [0.29, 0.717) is 12.4 Å². The number of fused-ring (bicyclic) bond motifs is 1. The van der Waals surface area contributed by atoms with Crippen LogP contribution in [-0.2, 0) is 21.4 Å². The maximum absolute atomic E-state index is 13.5. The van der Waals surface area contributed by atoms with Crippen molar-refractivity contribution < 1.29 is 23.1 Å². The maximum Gasteiger partial charge on any atom is 0.258 e. The number of hydrogen-bond donors (Lipinski definition) is 4. The first-order valence-corrected chi connectivity index (χ1v) is 17.6. The molecule has 11 nitrogen and oxygen atoms in total. The summed E-state index contributed by atoms with van der Waals surface area (Å²) in [5.41, 5.74) is 7.81. The molecule has 2 fully saturated rings. The summed E-state index contributed by atoms with van der Waals surface area (Å²) in [5, 5.41) is 13.4. The zero-order valence-electron chi connectivity index (χ0n) is 26.7. The number of nitrogens with zero attached hydrogens (tertiary/aromatic N) is 3. The molecular formula is C34H46N6O5S. The summed E-state index contributed by atoms with van der Waals surface area (Å²) in [6.45, 7) is 9.99. The fourth-order valence-electron chi connectivity index (χ4n) is 6.87. The minimum absolute atomic E-state index is 0.0143. The molecule has 1 aromatic heterocycles. The van der Waals surface area contributed by atoms with Crippen LogP contribution in [0.25, 0.3) is 11.0 Å². The second-order valence-corrected chi connectivity index (χ2v) is 15.1. The zero-order chi connectivity index (χ0) is 33.1. The number of nitrogens with one attached hydrogen (secondary N) is 2. The Morgan fingerprint density at radius 3 is 2.46 bits per heavy atom. The van der Waals surface area contributed by atoms with Crippen LogP contribution in [0.4, 0.5) is 5.95 Å². The van der Waals surface area contributed by atoms with E-state index in [2.05, 4.69) is 38.2 Å². The lowest BCUT2D eigenvalue weighted by Gasteiger charge is -2.37. The predicted octanol–water partition coefficient (Wildman–Crippen LogP) is 4.34. The van der Waals surface area contributed by atoms with Crippen LogP contribution < -0.4 is 15.8 Å². The fraction of sp³-hybridized carbons (Fsp3) is 0.500. The van der Waals surface area contributed by atoms with E-state index in [0.717, 1.165) is 74.8 Å². The highest BCUT2D eigenvalue weighted by atomic mass is 32.2. The molecule has 3 aromatic rings. The lowest BCUT2D eigenvalue weighted by atomic mass is 9.83. The molecule has 2 amide bonds. The Bertz CT molecular complexity index is 1680. The summed E-state index contributed by atoms with van der Waals surface area (Å²) in [5.74, 6) is 0.176. The van der Waals surface area contributed by atoms with Crippen molar-refractivity contribution in [1.29, 1.82) is 0 Å². The topological polar surface area (TPSA) is 160 Å². The third kappa shape index (κ3) is 8.03. The van der Waals surface area contributed by atoms with Gasteiger partial charge < -0.3 is 15.4 Å². The molecular weight excluding hydrogens is 604 g/mol. The Hall–Kier alpha value is -3.58. The standard InChI is InChI=1S/C34H46N6O5S/c1-4-16-36-46(44,45)28-7-5-6-25(21-28)32(42)38-33-37-29-13-10-24(22-39-17-14-26(15-18-39)34(2,3)43)19-30(29)40(33)27-11-8-23(9-12-27)20-31(35)41/h4-7,10,13,19,21,23,26-27,36,43H,1,8-9,11-12,14-18,20,22H2,2-3H3,(H2,35,41)(H,37,38,42). The molecule has 1 aliphatic carbocycles. The number of aromatic nitrogens is 2. The Labute approximate surface area is 271 Å². The minimum atomic E-state index is -3.81. The van der Waals surface area contributed by atoms with Gasteiger partial charge in [0.2, 0.25) is 21.9 Å². The number of carbonyl (C=O) groups excluding carboxylic acids is 2. The number of anilines is 1. The summed E-state index contributed by atoms with van der Waals surface area (Å²) in [6.07, 6.45) is 7.01. The first kappa shape index (κ1) is 33.8. The van der Waals surface area contributed by atoms with E-state index in [1.165, 1.54) is 24.3 Å². The third-order valence-electron chi connectivity index (χ3n) is 9.47. The lowest BCUT2D eigenvalue weighted by Crippen LogP contribution is -2.41. The van der Waals surface area contributed by atoms with Crippen LogP contribution in [0.15, 0.2) is 60.0 Å². The number of likely N-dealkylation sites (tertiary alicyclic amines) is 1. The van der Waals surface area contributed by atoms with Gasteiger partial charge >= 0.3 is 0 Å². The molecule has 1 saturated carbocycles. The van der Waals surface area contributed by atoms with E-state index in [1.807, 2.05) is 19.9 Å². The molecule has 2 aromatic carbocycles. The Balaban J connectivity index is 1.41. The molecule has 12 heteroatoms. The highest BCUT2D eigenvalue weighted by Gasteiger charge is 2.31. The molecule has 2 heterocycles. The first-order valence-electron chi connectivity index (χ1n) is 16.1. The van der Waals surface area contributed by atoms with Crippen molar-refractivity contribution in [2.45, 2.75) is 81.9 Å². The van der Waals surface area contributed by atoms with Crippen LogP contribution in [-0.4, -0.2) is 65.0 Å². The van der Waals surface area contributed by atoms with Gasteiger partial charge in [-0.2, -0.15) is 0 Å². The number of amides is 2. The average Bonchev–Trinajstić information content (AvgIpc) is 3.37. The van der Waals surface area contributed by atoms with Crippen LogP contribution in [0.3, 0.4) is 0 Å². The van der Waals surface area contributed by atoms with Crippen molar-refractivity contribution >= 4 is 38.8 Å². The summed E-state index contributed by atoms with van der Waals surface area (Å²) in [7, 11) is -3.81. The Morgan fingerprint density at radius 1 is 1.09 bits per heavy atom. The second-order valence-electron chi connectivity index (χ2n) is 13.3. The molecule has 0 spiro atoms. The van der Waals surface area contributed by atoms with Gasteiger partial charge in [0.05, 0.1) is 21.5 Å². The van der Waals surface area contributed by atoms with Gasteiger partial charge in [-0.3, -0.25) is 19.8 Å². The van der Waals surface area contributed by atoms with Gasteiger partial charge in [0.25, 0.3) is 5.91 Å². The molecule has 5 N–H and O–H groups in total. The highest BCUT2D eigenvalue weighted by Crippen LogP contribution is 2.38. The SMILES string of the molecule is C=CCNS(=O)(=O)c1cccc(C(=O)Nc2nc3ccc(CN4CCC(C(C)(C)O)CC4)cc3n2C2CCC(CC(N)=O)CC2)c1. The molecule has 0 radical (unpaired) electrons. The van der Waals surface area contributed by atoms with Crippen molar-refractivity contribution in [2.24, 2.45) is 17.6 Å². The van der Waals surface area contributed by atoms with Crippen molar-refractivity contribution in [3.8, 4) is 0 Å². The second kappa shape index (κ2) is 14.0. The number of primary amides is 1. The van der Waals surface area contributed by atoms with Crippen LogP contribution >= 0.6 is 0 Å².